The quantitative estimate of drug-likeness (QED) is 0.759. The first-order valence-electron chi connectivity index (χ1n) is 5.71. The molecule has 1 rings (SSSR count). The van der Waals surface area contributed by atoms with Gasteiger partial charge in [-0.3, -0.25) is 0 Å². The SMILES string of the molecule is CC(O)CO[C@H]1CCC(C)(C)[C@@H](C)C1. The Morgan fingerprint density at radius 3 is 2.64 bits per heavy atom. The number of rotatable bonds is 3. The Morgan fingerprint density at radius 2 is 2.14 bits per heavy atom. The van der Waals surface area contributed by atoms with Crippen molar-refractivity contribution in [3.63, 3.8) is 0 Å². The van der Waals surface area contributed by atoms with Crippen LogP contribution in [0.5, 0.6) is 0 Å². The molecule has 2 heteroatoms. The maximum atomic E-state index is 9.13. The van der Waals surface area contributed by atoms with E-state index in [0.29, 0.717) is 18.1 Å². The molecule has 1 aliphatic rings. The van der Waals surface area contributed by atoms with E-state index in [1.54, 1.807) is 6.92 Å². The van der Waals surface area contributed by atoms with Crippen LogP contribution < -0.4 is 0 Å². The second kappa shape index (κ2) is 4.63. The molecule has 1 fully saturated rings. The Kier molecular flexibility index (Phi) is 3.96. The Morgan fingerprint density at radius 1 is 1.50 bits per heavy atom. The second-order valence-corrected chi connectivity index (χ2v) is 5.47. The molecule has 0 amide bonds. The van der Waals surface area contributed by atoms with E-state index in [1.807, 2.05) is 0 Å². The summed E-state index contributed by atoms with van der Waals surface area (Å²) in [5, 5.41) is 9.13. The van der Waals surface area contributed by atoms with Crippen molar-refractivity contribution in [3.8, 4) is 0 Å². The number of hydrogen-bond acceptors (Lipinski definition) is 2. The average Bonchev–Trinajstić information content (AvgIpc) is 2.07. The molecule has 0 radical (unpaired) electrons. The third-order valence-corrected chi connectivity index (χ3v) is 3.63. The molecular formula is C12H24O2. The largest absolute Gasteiger partial charge is 0.391 e. The van der Waals surface area contributed by atoms with Gasteiger partial charge in [-0.05, 0) is 37.5 Å². The van der Waals surface area contributed by atoms with Gasteiger partial charge in [0, 0.05) is 0 Å². The summed E-state index contributed by atoms with van der Waals surface area (Å²) in [4.78, 5) is 0. The number of aliphatic hydroxyl groups is 1. The lowest BCUT2D eigenvalue weighted by molar-refractivity contribution is -0.0490. The van der Waals surface area contributed by atoms with E-state index in [4.69, 9.17) is 9.84 Å². The zero-order valence-electron chi connectivity index (χ0n) is 9.92. The zero-order chi connectivity index (χ0) is 10.8. The topological polar surface area (TPSA) is 29.5 Å². The highest BCUT2D eigenvalue weighted by Crippen LogP contribution is 2.41. The fourth-order valence-corrected chi connectivity index (χ4v) is 2.04. The highest BCUT2D eigenvalue weighted by Gasteiger charge is 2.33. The molecule has 0 aromatic carbocycles. The minimum absolute atomic E-state index is 0.333. The average molecular weight is 200 g/mol. The van der Waals surface area contributed by atoms with Gasteiger partial charge < -0.3 is 9.84 Å². The lowest BCUT2D eigenvalue weighted by atomic mass is 9.69. The lowest BCUT2D eigenvalue weighted by Gasteiger charge is -2.40. The maximum absolute atomic E-state index is 9.13. The van der Waals surface area contributed by atoms with Crippen molar-refractivity contribution < 1.29 is 9.84 Å². The predicted octanol–water partition coefficient (Wildman–Crippen LogP) is 2.60. The van der Waals surface area contributed by atoms with Gasteiger partial charge in [-0.15, -0.1) is 0 Å². The molecule has 0 aromatic rings. The van der Waals surface area contributed by atoms with Gasteiger partial charge in [0.1, 0.15) is 0 Å². The second-order valence-electron chi connectivity index (χ2n) is 5.47. The summed E-state index contributed by atoms with van der Waals surface area (Å²) in [6, 6.07) is 0. The summed E-state index contributed by atoms with van der Waals surface area (Å²) in [5.41, 5.74) is 0.463. The van der Waals surface area contributed by atoms with Crippen LogP contribution in [0.1, 0.15) is 47.0 Å². The highest BCUT2D eigenvalue weighted by atomic mass is 16.5. The molecule has 1 unspecified atom stereocenters. The summed E-state index contributed by atoms with van der Waals surface area (Å²) in [7, 11) is 0. The van der Waals surface area contributed by atoms with Crippen molar-refractivity contribution in [2.45, 2.75) is 59.2 Å². The molecule has 2 nitrogen and oxygen atoms in total. The Bertz CT molecular complexity index is 173. The van der Waals surface area contributed by atoms with Gasteiger partial charge in [-0.2, -0.15) is 0 Å². The van der Waals surface area contributed by atoms with E-state index >= 15 is 0 Å². The van der Waals surface area contributed by atoms with Gasteiger partial charge in [0.05, 0.1) is 18.8 Å². The Hall–Kier alpha value is -0.0800. The summed E-state index contributed by atoms with van der Waals surface area (Å²) >= 11 is 0. The van der Waals surface area contributed by atoms with Gasteiger partial charge in [-0.1, -0.05) is 20.8 Å². The first-order chi connectivity index (χ1) is 6.42. The van der Waals surface area contributed by atoms with Crippen molar-refractivity contribution in [1.82, 2.24) is 0 Å². The summed E-state index contributed by atoms with van der Waals surface area (Å²) in [5.74, 6) is 0.718. The van der Waals surface area contributed by atoms with Crippen LogP contribution in [-0.4, -0.2) is 23.9 Å². The molecule has 0 bridgehead atoms. The van der Waals surface area contributed by atoms with E-state index in [0.717, 1.165) is 18.8 Å². The first-order valence-corrected chi connectivity index (χ1v) is 5.71. The molecule has 0 aliphatic heterocycles. The number of ether oxygens (including phenoxy) is 1. The van der Waals surface area contributed by atoms with Gasteiger partial charge >= 0.3 is 0 Å². The Labute approximate surface area is 87.7 Å². The van der Waals surface area contributed by atoms with E-state index in [9.17, 15) is 0 Å². The molecule has 0 spiro atoms. The summed E-state index contributed by atoms with van der Waals surface area (Å²) in [6.45, 7) is 9.23. The monoisotopic (exact) mass is 200 g/mol. The number of hydrogen-bond donors (Lipinski definition) is 1. The minimum atomic E-state index is -0.333. The van der Waals surface area contributed by atoms with Gasteiger partial charge in [-0.25, -0.2) is 0 Å². The van der Waals surface area contributed by atoms with Crippen LogP contribution in [0, 0.1) is 11.3 Å². The fraction of sp³-hybridized carbons (Fsp3) is 1.00. The van der Waals surface area contributed by atoms with Crippen LogP contribution in [-0.2, 0) is 4.74 Å². The third kappa shape index (κ3) is 3.25. The van der Waals surface area contributed by atoms with Crippen LogP contribution in [0.4, 0.5) is 0 Å². The van der Waals surface area contributed by atoms with Crippen molar-refractivity contribution in [2.24, 2.45) is 11.3 Å². The Balaban J connectivity index is 2.32. The molecule has 1 aliphatic carbocycles. The molecule has 3 atom stereocenters. The molecule has 1 N–H and O–H groups in total. The molecule has 14 heavy (non-hydrogen) atoms. The highest BCUT2D eigenvalue weighted by molar-refractivity contribution is 4.84. The summed E-state index contributed by atoms with van der Waals surface area (Å²) < 4.78 is 5.66. The normalized spacial score (nSPS) is 34.1. The van der Waals surface area contributed by atoms with Crippen LogP contribution in [0.2, 0.25) is 0 Å². The zero-order valence-corrected chi connectivity index (χ0v) is 9.92. The van der Waals surface area contributed by atoms with Crippen molar-refractivity contribution in [3.05, 3.63) is 0 Å². The first kappa shape index (κ1) is 12.0. The molecule has 0 aromatic heterocycles. The summed E-state index contributed by atoms with van der Waals surface area (Å²) in [6.07, 6.45) is 3.55. The van der Waals surface area contributed by atoms with Crippen molar-refractivity contribution >= 4 is 0 Å². The fourth-order valence-electron chi connectivity index (χ4n) is 2.04. The number of aliphatic hydroxyl groups excluding tert-OH is 1. The van der Waals surface area contributed by atoms with Crippen molar-refractivity contribution in [2.75, 3.05) is 6.61 Å². The minimum Gasteiger partial charge on any atom is -0.391 e. The van der Waals surface area contributed by atoms with Crippen LogP contribution in [0.3, 0.4) is 0 Å². The standard InChI is InChI=1S/C12H24O2/c1-9-7-11(14-8-10(2)13)5-6-12(9,3)4/h9-11,13H,5-8H2,1-4H3/t9-,10?,11-/m0/s1. The van der Waals surface area contributed by atoms with E-state index in [1.165, 1.54) is 6.42 Å². The molecule has 84 valence electrons. The molecule has 1 saturated carbocycles. The van der Waals surface area contributed by atoms with Gasteiger partial charge in [0.25, 0.3) is 0 Å². The molecular weight excluding hydrogens is 176 g/mol. The molecule has 0 saturated heterocycles. The van der Waals surface area contributed by atoms with Crippen molar-refractivity contribution in [1.29, 1.82) is 0 Å². The van der Waals surface area contributed by atoms with Gasteiger partial charge in [0.15, 0.2) is 0 Å². The third-order valence-electron chi connectivity index (χ3n) is 3.63. The predicted molar refractivity (Wildman–Crippen MR) is 58.2 cm³/mol. The van der Waals surface area contributed by atoms with E-state index in [-0.39, 0.29) is 6.10 Å². The molecule has 0 heterocycles. The van der Waals surface area contributed by atoms with Gasteiger partial charge in [0.2, 0.25) is 0 Å². The van der Waals surface area contributed by atoms with E-state index in [2.05, 4.69) is 20.8 Å². The maximum Gasteiger partial charge on any atom is 0.0745 e. The van der Waals surface area contributed by atoms with E-state index < -0.39 is 0 Å². The lowest BCUT2D eigenvalue weighted by Crippen LogP contribution is -2.34. The van der Waals surface area contributed by atoms with Crippen LogP contribution in [0.25, 0.3) is 0 Å². The van der Waals surface area contributed by atoms with Crippen LogP contribution in [0.15, 0.2) is 0 Å². The smallest absolute Gasteiger partial charge is 0.0745 e. The van der Waals surface area contributed by atoms with Crippen LogP contribution >= 0.6 is 0 Å².